The van der Waals surface area contributed by atoms with Crippen LogP contribution in [0.15, 0.2) is 60.3 Å². The van der Waals surface area contributed by atoms with Crippen molar-refractivity contribution in [2.45, 2.75) is 65.8 Å². The van der Waals surface area contributed by atoms with Crippen molar-refractivity contribution in [3.05, 3.63) is 82.0 Å². The molecule has 0 spiro atoms. The molecule has 1 heterocycles. The van der Waals surface area contributed by atoms with Gasteiger partial charge in [-0.05, 0) is 81.9 Å². The lowest BCUT2D eigenvalue weighted by Gasteiger charge is -2.19. The second-order valence-corrected chi connectivity index (χ2v) is 10.2. The molecular formula is C32H50ClN5O2. The van der Waals surface area contributed by atoms with Gasteiger partial charge in [-0.1, -0.05) is 74.3 Å². The standard InChI is InChI=1S/C22H35N5O2.C7H7Cl.C3H8/c1-3-19-14-24-12-6-10-17-8-4-5-9-18(17)11-7-13-25-22(29)20(15-23-2)27-21(28)16-26-19;1-6-3-2-4-7(8)5-6;1-3-2/h3-5,8-9,20,23-24,26H,6-7,10-16H2,1-2H3,(H,25,29)(H,27,28);2-5H,1H3;3H2,1-2H3. The molecule has 2 amide bonds. The highest BCUT2D eigenvalue weighted by atomic mass is 35.5. The predicted octanol–water partition coefficient (Wildman–Crippen LogP) is 4.53. The zero-order chi connectivity index (χ0) is 29.6. The monoisotopic (exact) mass is 571 g/mol. The van der Waals surface area contributed by atoms with Crippen molar-refractivity contribution < 1.29 is 9.59 Å². The lowest BCUT2D eigenvalue weighted by Crippen LogP contribution is -2.53. The van der Waals surface area contributed by atoms with Gasteiger partial charge < -0.3 is 26.6 Å². The number of benzene rings is 2. The zero-order valence-corrected chi connectivity index (χ0v) is 25.8. The fourth-order valence-corrected chi connectivity index (χ4v) is 4.26. The van der Waals surface area contributed by atoms with E-state index in [1.807, 2.05) is 44.2 Å². The van der Waals surface area contributed by atoms with Crippen molar-refractivity contribution in [3.63, 3.8) is 0 Å². The number of fused-ring (bicyclic) bond motifs is 1. The summed E-state index contributed by atoms with van der Waals surface area (Å²) in [4.78, 5) is 24.8. The fourth-order valence-electron chi connectivity index (χ4n) is 4.01. The fraction of sp³-hybridized carbons (Fsp3) is 0.500. The van der Waals surface area contributed by atoms with Gasteiger partial charge in [0.2, 0.25) is 11.8 Å². The second-order valence-electron chi connectivity index (χ2n) is 9.79. The van der Waals surface area contributed by atoms with Gasteiger partial charge in [0.05, 0.1) is 6.54 Å². The summed E-state index contributed by atoms with van der Waals surface area (Å²) in [6, 6.07) is 15.7. The summed E-state index contributed by atoms with van der Waals surface area (Å²) >= 11 is 5.64. The molecule has 0 radical (unpaired) electrons. The molecule has 0 bridgehead atoms. The molecule has 5 N–H and O–H groups in total. The number of allylic oxidation sites excluding steroid dienone is 1. The molecule has 1 aliphatic heterocycles. The van der Waals surface area contributed by atoms with Gasteiger partial charge in [0, 0.05) is 30.4 Å². The van der Waals surface area contributed by atoms with Crippen LogP contribution < -0.4 is 26.6 Å². The van der Waals surface area contributed by atoms with E-state index in [2.05, 4.69) is 64.7 Å². The summed E-state index contributed by atoms with van der Waals surface area (Å²) in [6.07, 6.45) is 7.09. The Bertz CT molecular complexity index is 1010. The highest BCUT2D eigenvalue weighted by Crippen LogP contribution is 2.13. The molecule has 222 valence electrons. The molecule has 0 aromatic heterocycles. The molecule has 8 heteroatoms. The molecular weight excluding hydrogens is 522 g/mol. The first-order valence-electron chi connectivity index (χ1n) is 14.4. The van der Waals surface area contributed by atoms with Gasteiger partial charge in [-0.3, -0.25) is 9.59 Å². The minimum atomic E-state index is -0.590. The van der Waals surface area contributed by atoms with Crippen LogP contribution >= 0.6 is 11.6 Å². The first kappa shape index (κ1) is 35.2. The van der Waals surface area contributed by atoms with Gasteiger partial charge in [0.25, 0.3) is 0 Å². The van der Waals surface area contributed by atoms with Crippen LogP contribution in [0.3, 0.4) is 0 Å². The maximum Gasteiger partial charge on any atom is 0.243 e. The summed E-state index contributed by atoms with van der Waals surface area (Å²) in [5, 5.41) is 16.1. The van der Waals surface area contributed by atoms with E-state index >= 15 is 0 Å². The highest BCUT2D eigenvalue weighted by Gasteiger charge is 2.19. The molecule has 0 aliphatic carbocycles. The number of aryl methyl sites for hydroxylation is 3. The number of halogens is 1. The first-order valence-corrected chi connectivity index (χ1v) is 14.8. The topological polar surface area (TPSA) is 94.3 Å². The largest absolute Gasteiger partial charge is 0.379 e. The molecule has 2 aromatic rings. The van der Waals surface area contributed by atoms with Crippen molar-refractivity contribution in [1.29, 1.82) is 0 Å². The highest BCUT2D eigenvalue weighted by molar-refractivity contribution is 6.30. The molecule has 0 fully saturated rings. The van der Waals surface area contributed by atoms with Crippen LogP contribution in [0.4, 0.5) is 0 Å². The number of hydrogen-bond donors (Lipinski definition) is 5. The number of amides is 2. The van der Waals surface area contributed by atoms with E-state index in [0.29, 0.717) is 19.6 Å². The summed E-state index contributed by atoms with van der Waals surface area (Å²) in [7, 11) is 1.77. The van der Waals surface area contributed by atoms with Gasteiger partial charge in [0.15, 0.2) is 0 Å². The van der Waals surface area contributed by atoms with Crippen molar-refractivity contribution >= 4 is 23.4 Å². The van der Waals surface area contributed by atoms with E-state index in [-0.39, 0.29) is 18.4 Å². The maximum absolute atomic E-state index is 12.5. The van der Waals surface area contributed by atoms with Gasteiger partial charge >= 0.3 is 0 Å². The Kier molecular flexibility index (Phi) is 19.2. The smallest absolute Gasteiger partial charge is 0.243 e. The Morgan fingerprint density at radius 1 is 0.950 bits per heavy atom. The third kappa shape index (κ3) is 15.7. The van der Waals surface area contributed by atoms with E-state index < -0.39 is 6.04 Å². The van der Waals surface area contributed by atoms with Gasteiger partial charge in [0.1, 0.15) is 6.04 Å². The molecule has 1 unspecified atom stereocenters. The minimum absolute atomic E-state index is 0.141. The van der Waals surface area contributed by atoms with Crippen LogP contribution in [0.5, 0.6) is 0 Å². The average molecular weight is 572 g/mol. The van der Waals surface area contributed by atoms with Gasteiger partial charge in [-0.2, -0.15) is 0 Å². The predicted molar refractivity (Wildman–Crippen MR) is 169 cm³/mol. The van der Waals surface area contributed by atoms with Crippen molar-refractivity contribution in [2.24, 2.45) is 0 Å². The van der Waals surface area contributed by atoms with E-state index in [0.717, 1.165) is 42.9 Å². The zero-order valence-electron chi connectivity index (χ0n) is 25.0. The van der Waals surface area contributed by atoms with Crippen molar-refractivity contribution in [1.82, 2.24) is 26.6 Å². The van der Waals surface area contributed by atoms with Crippen LogP contribution in [-0.2, 0) is 22.4 Å². The number of rotatable bonds is 2. The SMILES string of the molecule is CC=C1CNCCCc2ccccc2CCCNC(=O)C(CNC)NC(=O)CN1.CCC.Cc1cccc(Cl)c1. The van der Waals surface area contributed by atoms with Crippen molar-refractivity contribution in [2.75, 3.05) is 39.8 Å². The first-order chi connectivity index (χ1) is 19.3. The van der Waals surface area contributed by atoms with Crippen LogP contribution in [-0.4, -0.2) is 57.6 Å². The van der Waals surface area contributed by atoms with Gasteiger partial charge in [-0.15, -0.1) is 0 Å². The summed E-state index contributed by atoms with van der Waals surface area (Å²) in [5.74, 6) is -0.357. The Morgan fingerprint density at radius 2 is 1.60 bits per heavy atom. The number of carbonyl (C=O) groups is 2. The summed E-state index contributed by atoms with van der Waals surface area (Å²) in [5.41, 5.74) is 4.90. The Labute approximate surface area is 246 Å². The van der Waals surface area contributed by atoms with E-state index in [1.54, 1.807) is 7.05 Å². The molecule has 2 aromatic carbocycles. The van der Waals surface area contributed by atoms with Gasteiger partial charge in [-0.25, -0.2) is 0 Å². The molecule has 3 rings (SSSR count). The van der Waals surface area contributed by atoms with Crippen molar-refractivity contribution in [3.8, 4) is 0 Å². The number of likely N-dealkylation sites (N-methyl/N-ethyl adjacent to an activating group) is 1. The lowest BCUT2D eigenvalue weighted by atomic mass is 9.99. The molecule has 40 heavy (non-hydrogen) atoms. The van der Waals surface area contributed by atoms with E-state index in [1.165, 1.54) is 23.1 Å². The third-order valence-corrected chi connectivity index (χ3v) is 6.26. The minimum Gasteiger partial charge on any atom is -0.379 e. The Hall–Kier alpha value is -2.87. The number of carbonyl (C=O) groups excluding carboxylic acids is 2. The normalized spacial score (nSPS) is 18.1. The summed E-state index contributed by atoms with van der Waals surface area (Å²) in [6.45, 7) is 10.9. The molecule has 0 saturated heterocycles. The molecule has 1 atom stereocenters. The third-order valence-electron chi connectivity index (χ3n) is 6.02. The molecule has 1 aliphatic rings. The van der Waals surface area contributed by atoms with Crippen LogP contribution in [0.2, 0.25) is 5.02 Å². The molecule has 0 saturated carbocycles. The maximum atomic E-state index is 12.5. The average Bonchev–Trinajstić information content (AvgIpc) is 2.93. The quantitative estimate of drug-likeness (QED) is 0.365. The number of hydrogen-bond acceptors (Lipinski definition) is 5. The Balaban J connectivity index is 0.000000606. The van der Waals surface area contributed by atoms with Crippen LogP contribution in [0.25, 0.3) is 0 Å². The number of nitrogens with one attached hydrogen (secondary N) is 5. The lowest BCUT2D eigenvalue weighted by molar-refractivity contribution is -0.128. The molecule has 7 nitrogen and oxygen atoms in total. The van der Waals surface area contributed by atoms with E-state index in [4.69, 9.17) is 11.6 Å². The summed E-state index contributed by atoms with van der Waals surface area (Å²) < 4.78 is 0. The van der Waals surface area contributed by atoms with Crippen LogP contribution in [0, 0.1) is 6.92 Å². The Morgan fingerprint density at radius 3 is 2.15 bits per heavy atom. The van der Waals surface area contributed by atoms with E-state index in [9.17, 15) is 9.59 Å². The van der Waals surface area contributed by atoms with Crippen LogP contribution in [0.1, 0.15) is 56.7 Å². The second kappa shape index (κ2) is 21.9.